The number of hydroxylamine groups is 1. The lowest BCUT2D eigenvalue weighted by molar-refractivity contribution is -0.0276. The third-order valence-corrected chi connectivity index (χ3v) is 1.70. The normalized spacial score (nSPS) is 33.9. The second kappa shape index (κ2) is 2.20. The van der Waals surface area contributed by atoms with Gasteiger partial charge in [0, 0.05) is 0 Å². The van der Waals surface area contributed by atoms with Gasteiger partial charge in [0.15, 0.2) is 0 Å². The number of nitrogens with one attached hydrogen (secondary N) is 1. The smallest absolute Gasteiger partial charge is 0.125 e. The summed E-state index contributed by atoms with van der Waals surface area (Å²) in [6.07, 6.45) is 2.80. The highest BCUT2D eigenvalue weighted by Gasteiger charge is 2.26. The third-order valence-electron chi connectivity index (χ3n) is 1.52. The van der Waals surface area contributed by atoms with Gasteiger partial charge in [0.1, 0.15) is 10.8 Å². The summed E-state index contributed by atoms with van der Waals surface area (Å²) in [4.78, 5) is 5.13. The Morgan fingerprint density at radius 2 is 2.56 bits per heavy atom. The predicted octanol–water partition coefficient (Wildman–Crippen LogP) is 1.77. The Kier molecular flexibility index (Phi) is 1.68. The van der Waals surface area contributed by atoms with E-state index in [4.69, 9.17) is 16.4 Å². The van der Waals surface area contributed by atoms with Crippen LogP contribution in [0.2, 0.25) is 0 Å². The zero-order valence-corrected chi connectivity index (χ0v) is 6.33. The number of halogens is 1. The van der Waals surface area contributed by atoms with Gasteiger partial charge in [-0.25, -0.2) is 0 Å². The van der Waals surface area contributed by atoms with E-state index in [-0.39, 0.29) is 5.60 Å². The molecule has 1 heterocycles. The number of hydrogen-bond donors (Lipinski definition) is 1. The van der Waals surface area contributed by atoms with E-state index >= 15 is 0 Å². The van der Waals surface area contributed by atoms with Gasteiger partial charge in [-0.3, -0.25) is 10.3 Å². The number of rotatable bonds is 1. The van der Waals surface area contributed by atoms with Crippen LogP contribution in [0.25, 0.3) is 0 Å². The molecule has 0 aromatic rings. The molecule has 1 aliphatic heterocycles. The van der Waals surface area contributed by atoms with Crippen molar-refractivity contribution in [3.8, 4) is 0 Å². The summed E-state index contributed by atoms with van der Waals surface area (Å²) >= 11 is 5.60. The van der Waals surface area contributed by atoms with Gasteiger partial charge < -0.3 is 0 Å². The molecule has 1 aliphatic rings. The van der Waals surface area contributed by atoms with Gasteiger partial charge in [0.05, 0.1) is 0 Å². The molecule has 0 aliphatic carbocycles. The maximum atomic E-state index is 5.60. The Labute approximate surface area is 59.8 Å². The summed E-state index contributed by atoms with van der Waals surface area (Å²) in [6.45, 7) is 4.03. The molecule has 9 heavy (non-hydrogen) atoms. The summed E-state index contributed by atoms with van der Waals surface area (Å²) in [5.74, 6) is 0. The lowest BCUT2D eigenvalue weighted by Gasteiger charge is -2.16. The molecule has 0 fully saturated rings. The van der Waals surface area contributed by atoms with E-state index in [0.29, 0.717) is 5.16 Å². The standard InChI is InChI=1S/C6H10ClNO/c1-3-6(2)4-5(7)8-9-6/h4,8H,3H2,1-2H3. The number of hydrogen-bond acceptors (Lipinski definition) is 2. The van der Waals surface area contributed by atoms with E-state index < -0.39 is 0 Å². The molecule has 52 valence electrons. The van der Waals surface area contributed by atoms with Crippen LogP contribution < -0.4 is 5.48 Å². The van der Waals surface area contributed by atoms with E-state index in [1.165, 1.54) is 0 Å². The zero-order chi connectivity index (χ0) is 6.91. The predicted molar refractivity (Wildman–Crippen MR) is 36.9 cm³/mol. The molecular weight excluding hydrogens is 138 g/mol. The highest BCUT2D eigenvalue weighted by molar-refractivity contribution is 6.29. The average molecular weight is 148 g/mol. The van der Waals surface area contributed by atoms with Crippen molar-refractivity contribution >= 4 is 11.6 Å². The van der Waals surface area contributed by atoms with Crippen molar-refractivity contribution in [2.45, 2.75) is 25.9 Å². The van der Waals surface area contributed by atoms with Crippen molar-refractivity contribution in [3.63, 3.8) is 0 Å². The van der Waals surface area contributed by atoms with Crippen LogP contribution in [0, 0.1) is 0 Å². The molecule has 0 saturated heterocycles. The molecule has 0 saturated carbocycles. The SMILES string of the molecule is CCC1(C)C=C(Cl)NO1. The quantitative estimate of drug-likeness (QED) is 0.571. The van der Waals surface area contributed by atoms with Gasteiger partial charge in [0.2, 0.25) is 0 Å². The molecule has 0 radical (unpaired) electrons. The van der Waals surface area contributed by atoms with Crippen LogP contribution in [0.4, 0.5) is 0 Å². The average Bonchev–Trinajstić information content (AvgIpc) is 2.13. The summed E-state index contributed by atoms with van der Waals surface area (Å²) in [7, 11) is 0. The Morgan fingerprint density at radius 3 is 2.78 bits per heavy atom. The van der Waals surface area contributed by atoms with Gasteiger partial charge in [0.25, 0.3) is 0 Å². The largest absolute Gasteiger partial charge is 0.265 e. The molecule has 0 aromatic carbocycles. The molecule has 3 heteroatoms. The maximum Gasteiger partial charge on any atom is 0.125 e. The van der Waals surface area contributed by atoms with Crippen molar-refractivity contribution in [2.75, 3.05) is 0 Å². The minimum Gasteiger partial charge on any atom is -0.265 e. The Hall–Kier alpha value is -0.210. The molecule has 1 atom stereocenters. The van der Waals surface area contributed by atoms with Crippen LogP contribution in [0.1, 0.15) is 20.3 Å². The molecular formula is C6H10ClNO. The first-order valence-electron chi connectivity index (χ1n) is 2.99. The van der Waals surface area contributed by atoms with E-state index in [9.17, 15) is 0 Å². The zero-order valence-electron chi connectivity index (χ0n) is 5.57. The minimum atomic E-state index is -0.197. The highest BCUT2D eigenvalue weighted by Crippen LogP contribution is 2.23. The van der Waals surface area contributed by atoms with Gasteiger partial charge in [-0.1, -0.05) is 18.5 Å². The van der Waals surface area contributed by atoms with Gasteiger partial charge in [-0.05, 0) is 19.4 Å². The summed E-state index contributed by atoms with van der Waals surface area (Å²) in [5, 5.41) is 0.583. The highest BCUT2D eigenvalue weighted by atomic mass is 35.5. The van der Waals surface area contributed by atoms with Crippen molar-refractivity contribution in [2.24, 2.45) is 0 Å². The molecule has 1 unspecified atom stereocenters. The van der Waals surface area contributed by atoms with E-state index in [0.717, 1.165) is 6.42 Å². The second-order valence-corrected chi connectivity index (χ2v) is 2.77. The fourth-order valence-corrected chi connectivity index (χ4v) is 0.936. The van der Waals surface area contributed by atoms with Crippen LogP contribution in [0.15, 0.2) is 11.2 Å². The first-order valence-corrected chi connectivity index (χ1v) is 3.36. The second-order valence-electron chi connectivity index (χ2n) is 2.36. The Balaban J connectivity index is 2.64. The molecule has 1 N–H and O–H groups in total. The topological polar surface area (TPSA) is 21.3 Å². The molecule has 0 spiro atoms. The molecule has 0 bridgehead atoms. The fraction of sp³-hybridized carbons (Fsp3) is 0.667. The first kappa shape index (κ1) is 6.90. The monoisotopic (exact) mass is 147 g/mol. The molecule has 0 amide bonds. The summed E-state index contributed by atoms with van der Waals surface area (Å²) < 4.78 is 0. The Bertz CT molecular complexity index is 146. The van der Waals surface area contributed by atoms with Crippen LogP contribution in [0.3, 0.4) is 0 Å². The van der Waals surface area contributed by atoms with Gasteiger partial charge in [-0.15, -0.1) is 0 Å². The van der Waals surface area contributed by atoms with Crippen LogP contribution in [-0.4, -0.2) is 5.60 Å². The van der Waals surface area contributed by atoms with E-state index in [1.54, 1.807) is 0 Å². The van der Waals surface area contributed by atoms with E-state index in [1.807, 2.05) is 19.9 Å². The van der Waals surface area contributed by atoms with E-state index in [2.05, 4.69) is 5.48 Å². The van der Waals surface area contributed by atoms with Crippen molar-refractivity contribution in [1.82, 2.24) is 5.48 Å². The van der Waals surface area contributed by atoms with Gasteiger partial charge in [-0.2, -0.15) is 0 Å². The third kappa shape index (κ3) is 1.37. The van der Waals surface area contributed by atoms with Gasteiger partial charge >= 0.3 is 0 Å². The van der Waals surface area contributed by atoms with Crippen LogP contribution in [-0.2, 0) is 4.84 Å². The van der Waals surface area contributed by atoms with Crippen molar-refractivity contribution in [1.29, 1.82) is 0 Å². The summed E-state index contributed by atoms with van der Waals surface area (Å²) in [5.41, 5.74) is 2.39. The van der Waals surface area contributed by atoms with Crippen molar-refractivity contribution in [3.05, 3.63) is 11.2 Å². The van der Waals surface area contributed by atoms with Crippen LogP contribution in [0.5, 0.6) is 0 Å². The lowest BCUT2D eigenvalue weighted by Crippen LogP contribution is -2.23. The van der Waals surface area contributed by atoms with Crippen molar-refractivity contribution < 1.29 is 4.84 Å². The molecule has 0 aromatic heterocycles. The lowest BCUT2D eigenvalue weighted by atomic mass is 10.1. The Morgan fingerprint density at radius 1 is 1.89 bits per heavy atom. The maximum absolute atomic E-state index is 5.60. The molecule has 2 nitrogen and oxygen atoms in total. The fourth-order valence-electron chi connectivity index (χ4n) is 0.667. The minimum absolute atomic E-state index is 0.197. The first-order chi connectivity index (χ1) is 4.16. The summed E-state index contributed by atoms with van der Waals surface area (Å²) in [6, 6.07) is 0. The molecule has 1 rings (SSSR count). The van der Waals surface area contributed by atoms with Crippen LogP contribution >= 0.6 is 11.6 Å².